The zero-order valence-electron chi connectivity index (χ0n) is 13.4. The van der Waals surface area contributed by atoms with Crippen LogP contribution in [-0.2, 0) is 14.4 Å². The standard InChI is InChI=1S/C15H18Cl2N4O3/c1-8(2)18-14(23)15(24)21-20-9(3)6-13(22)19-10-4-5-11(16)12(17)7-10/h4-5,7-8H,6H2,1-3H3,(H,18,23)(H,19,22)(H,21,24)/b20-9-. The number of carbonyl (C=O) groups excluding carboxylic acids is 3. The second-order valence-corrected chi connectivity index (χ2v) is 6.08. The van der Waals surface area contributed by atoms with Crippen molar-refractivity contribution >= 4 is 52.3 Å². The van der Waals surface area contributed by atoms with Gasteiger partial charge in [0, 0.05) is 17.4 Å². The van der Waals surface area contributed by atoms with E-state index in [1.165, 1.54) is 6.07 Å². The number of nitrogens with zero attached hydrogens (tertiary/aromatic N) is 1. The number of hydrogen-bond donors (Lipinski definition) is 3. The molecule has 7 nitrogen and oxygen atoms in total. The van der Waals surface area contributed by atoms with Gasteiger partial charge in [0.15, 0.2) is 0 Å². The van der Waals surface area contributed by atoms with E-state index in [4.69, 9.17) is 23.2 Å². The Bertz CT molecular complexity index is 675. The highest BCUT2D eigenvalue weighted by Crippen LogP contribution is 2.24. The number of hydrogen-bond acceptors (Lipinski definition) is 4. The van der Waals surface area contributed by atoms with E-state index in [-0.39, 0.29) is 18.4 Å². The Balaban J connectivity index is 2.52. The van der Waals surface area contributed by atoms with Crippen LogP contribution in [0.4, 0.5) is 5.69 Å². The first-order valence-corrected chi connectivity index (χ1v) is 7.83. The lowest BCUT2D eigenvalue weighted by Gasteiger charge is -2.08. The molecule has 9 heteroatoms. The number of carbonyl (C=O) groups is 3. The predicted molar refractivity (Wildman–Crippen MR) is 94.2 cm³/mol. The molecule has 0 aliphatic heterocycles. The van der Waals surface area contributed by atoms with Crippen molar-refractivity contribution < 1.29 is 14.4 Å². The molecule has 0 saturated carbocycles. The van der Waals surface area contributed by atoms with Gasteiger partial charge in [0.1, 0.15) is 0 Å². The number of amides is 3. The van der Waals surface area contributed by atoms with E-state index in [0.717, 1.165) is 0 Å². The molecule has 0 aliphatic carbocycles. The summed E-state index contributed by atoms with van der Waals surface area (Å²) >= 11 is 11.7. The summed E-state index contributed by atoms with van der Waals surface area (Å²) in [7, 11) is 0. The smallest absolute Gasteiger partial charge is 0.329 e. The van der Waals surface area contributed by atoms with Crippen LogP contribution in [0.1, 0.15) is 27.2 Å². The van der Waals surface area contributed by atoms with Crippen LogP contribution in [0.25, 0.3) is 0 Å². The molecule has 3 N–H and O–H groups in total. The van der Waals surface area contributed by atoms with Gasteiger partial charge in [0.2, 0.25) is 5.91 Å². The SMILES string of the molecule is C/C(CC(=O)Nc1ccc(Cl)c(Cl)c1)=N/NC(=O)C(=O)NC(C)C. The Labute approximate surface area is 149 Å². The molecule has 0 fully saturated rings. The first-order valence-electron chi connectivity index (χ1n) is 7.08. The molecular weight excluding hydrogens is 355 g/mol. The molecule has 1 aromatic rings. The summed E-state index contributed by atoms with van der Waals surface area (Å²) < 4.78 is 0. The Hall–Kier alpha value is -2.12. The maximum absolute atomic E-state index is 11.9. The molecule has 0 atom stereocenters. The average Bonchev–Trinajstić information content (AvgIpc) is 2.47. The summed E-state index contributed by atoms with van der Waals surface area (Å²) in [5.41, 5.74) is 2.91. The van der Waals surface area contributed by atoms with Gasteiger partial charge in [-0.15, -0.1) is 0 Å². The zero-order valence-corrected chi connectivity index (χ0v) is 15.0. The third-order valence-electron chi connectivity index (χ3n) is 2.59. The molecule has 3 amide bonds. The Morgan fingerprint density at radius 3 is 2.38 bits per heavy atom. The van der Waals surface area contributed by atoms with Crippen LogP contribution in [0.15, 0.2) is 23.3 Å². The molecule has 24 heavy (non-hydrogen) atoms. The predicted octanol–water partition coefficient (Wildman–Crippen LogP) is 2.34. The van der Waals surface area contributed by atoms with Crippen LogP contribution in [0, 0.1) is 0 Å². The molecule has 0 aromatic heterocycles. The van der Waals surface area contributed by atoms with Crippen LogP contribution in [0.5, 0.6) is 0 Å². The normalized spacial score (nSPS) is 11.2. The zero-order chi connectivity index (χ0) is 18.3. The van der Waals surface area contributed by atoms with Crippen molar-refractivity contribution in [3.05, 3.63) is 28.2 Å². The molecule has 0 unspecified atom stereocenters. The van der Waals surface area contributed by atoms with Crippen molar-refractivity contribution in [3.63, 3.8) is 0 Å². The largest absolute Gasteiger partial charge is 0.346 e. The maximum Gasteiger partial charge on any atom is 0.329 e. The fraction of sp³-hybridized carbons (Fsp3) is 0.333. The Morgan fingerprint density at radius 2 is 1.79 bits per heavy atom. The molecule has 0 aliphatic rings. The van der Waals surface area contributed by atoms with E-state index < -0.39 is 11.8 Å². The third-order valence-corrected chi connectivity index (χ3v) is 3.33. The van der Waals surface area contributed by atoms with Gasteiger partial charge >= 0.3 is 11.8 Å². The minimum Gasteiger partial charge on any atom is -0.346 e. The highest BCUT2D eigenvalue weighted by Gasteiger charge is 2.14. The van der Waals surface area contributed by atoms with Crippen molar-refractivity contribution in [2.24, 2.45) is 5.10 Å². The summed E-state index contributed by atoms with van der Waals surface area (Å²) in [6, 6.07) is 4.53. The summed E-state index contributed by atoms with van der Waals surface area (Å²) in [5, 5.41) is 9.47. The van der Waals surface area contributed by atoms with Gasteiger partial charge in [-0.25, -0.2) is 5.43 Å². The van der Waals surface area contributed by atoms with Crippen molar-refractivity contribution in [1.29, 1.82) is 0 Å². The van der Waals surface area contributed by atoms with E-state index in [2.05, 4.69) is 21.2 Å². The fourth-order valence-corrected chi connectivity index (χ4v) is 1.87. The highest BCUT2D eigenvalue weighted by atomic mass is 35.5. The number of anilines is 1. The molecule has 0 saturated heterocycles. The minimum absolute atomic E-state index is 0.0632. The summed E-state index contributed by atoms with van der Waals surface area (Å²) in [5.74, 6) is -2.04. The molecule has 0 radical (unpaired) electrons. The lowest BCUT2D eigenvalue weighted by atomic mass is 10.2. The Morgan fingerprint density at radius 1 is 1.12 bits per heavy atom. The minimum atomic E-state index is -0.895. The van der Waals surface area contributed by atoms with Gasteiger partial charge in [0.05, 0.1) is 16.5 Å². The summed E-state index contributed by atoms with van der Waals surface area (Å²) in [4.78, 5) is 34.7. The molecule has 0 spiro atoms. The van der Waals surface area contributed by atoms with Gasteiger partial charge in [-0.05, 0) is 39.0 Å². The third kappa shape index (κ3) is 6.97. The first-order chi connectivity index (χ1) is 11.2. The van der Waals surface area contributed by atoms with E-state index in [0.29, 0.717) is 21.4 Å². The maximum atomic E-state index is 11.9. The van der Waals surface area contributed by atoms with Crippen molar-refractivity contribution in [1.82, 2.24) is 10.7 Å². The quantitative estimate of drug-likeness (QED) is 0.420. The molecule has 1 rings (SSSR count). The second-order valence-electron chi connectivity index (χ2n) is 5.27. The van der Waals surface area contributed by atoms with Gasteiger partial charge in [0.25, 0.3) is 0 Å². The number of nitrogens with one attached hydrogen (secondary N) is 3. The number of benzene rings is 1. The Kier molecular flexibility index (Phi) is 7.67. The lowest BCUT2D eigenvalue weighted by Crippen LogP contribution is -2.41. The molecule has 130 valence electrons. The fourth-order valence-electron chi connectivity index (χ4n) is 1.58. The van der Waals surface area contributed by atoms with E-state index in [9.17, 15) is 14.4 Å². The van der Waals surface area contributed by atoms with Gasteiger partial charge in [-0.2, -0.15) is 5.10 Å². The number of halogens is 2. The van der Waals surface area contributed by atoms with Crippen LogP contribution < -0.4 is 16.1 Å². The van der Waals surface area contributed by atoms with Gasteiger partial charge in [-0.1, -0.05) is 23.2 Å². The van der Waals surface area contributed by atoms with Gasteiger partial charge in [-0.3, -0.25) is 14.4 Å². The summed E-state index contributed by atoms with van der Waals surface area (Å²) in [6.07, 6.45) is -0.0632. The number of rotatable bonds is 5. The molecule has 0 heterocycles. The second kappa shape index (κ2) is 9.24. The monoisotopic (exact) mass is 372 g/mol. The summed E-state index contributed by atoms with van der Waals surface area (Å²) in [6.45, 7) is 5.01. The van der Waals surface area contributed by atoms with E-state index in [1.54, 1.807) is 32.9 Å². The number of hydrazone groups is 1. The van der Waals surface area contributed by atoms with Crippen LogP contribution in [0.2, 0.25) is 10.0 Å². The van der Waals surface area contributed by atoms with E-state index in [1.807, 2.05) is 0 Å². The van der Waals surface area contributed by atoms with Crippen LogP contribution >= 0.6 is 23.2 Å². The highest BCUT2D eigenvalue weighted by molar-refractivity contribution is 6.42. The average molecular weight is 373 g/mol. The first kappa shape index (κ1) is 19.9. The van der Waals surface area contributed by atoms with E-state index >= 15 is 0 Å². The van der Waals surface area contributed by atoms with Crippen molar-refractivity contribution in [3.8, 4) is 0 Å². The van der Waals surface area contributed by atoms with Crippen LogP contribution in [0.3, 0.4) is 0 Å². The van der Waals surface area contributed by atoms with Gasteiger partial charge < -0.3 is 10.6 Å². The molecule has 1 aromatic carbocycles. The lowest BCUT2D eigenvalue weighted by molar-refractivity contribution is -0.139. The molecule has 0 bridgehead atoms. The van der Waals surface area contributed by atoms with Crippen molar-refractivity contribution in [2.45, 2.75) is 33.2 Å². The van der Waals surface area contributed by atoms with Crippen LogP contribution in [-0.4, -0.2) is 29.5 Å². The molecular formula is C15H18Cl2N4O3. The van der Waals surface area contributed by atoms with Crippen molar-refractivity contribution in [2.75, 3.05) is 5.32 Å². The topological polar surface area (TPSA) is 99.7 Å².